The fourth-order valence-electron chi connectivity index (χ4n) is 5.62. The van der Waals surface area contributed by atoms with Gasteiger partial charge >= 0.3 is 0 Å². The minimum Gasteiger partial charge on any atom is -0.394 e. The normalized spacial score (nSPS) is 36.1. The Labute approximate surface area is 261 Å². The van der Waals surface area contributed by atoms with E-state index < -0.39 is 86.3 Å². The van der Waals surface area contributed by atoms with Crippen molar-refractivity contribution >= 4 is 0 Å². The molecule has 13 nitrogen and oxygen atoms in total. The number of aliphatic hydroxyl groups excluding tert-OH is 8. The molecular weight excluding hydrogens is 578 g/mol. The van der Waals surface area contributed by atoms with E-state index in [1.807, 2.05) is 6.08 Å². The molecule has 13 heteroatoms. The molecule has 4 unspecified atom stereocenters. The average molecular weight is 638 g/mol. The number of allylic oxidation sites excluding steroid dienone is 1. The maximum Gasteiger partial charge on any atom is 0.195 e. The van der Waals surface area contributed by atoms with Gasteiger partial charge < -0.3 is 65.5 Å². The summed E-state index contributed by atoms with van der Waals surface area (Å²) in [7, 11) is 0. The van der Waals surface area contributed by atoms with Crippen LogP contribution in [-0.4, -0.2) is 134 Å². The zero-order valence-corrected chi connectivity index (χ0v) is 26.4. The molecule has 0 aromatic rings. The molecule has 2 heterocycles. The van der Waals surface area contributed by atoms with E-state index >= 15 is 0 Å². The topological polar surface area (TPSA) is 225 Å². The number of nitrogens with two attached hydrogens (primary N) is 1. The van der Waals surface area contributed by atoms with Gasteiger partial charge in [0.1, 0.15) is 48.8 Å². The first-order valence-corrected chi connectivity index (χ1v) is 16.4. The number of ether oxygens (including phenoxy) is 4. The van der Waals surface area contributed by atoms with Crippen molar-refractivity contribution in [2.24, 2.45) is 5.73 Å². The Morgan fingerprint density at radius 1 is 0.795 bits per heavy atom. The summed E-state index contributed by atoms with van der Waals surface area (Å²) in [6, 6.07) is -0.855. The van der Waals surface area contributed by atoms with Crippen LogP contribution in [0.25, 0.3) is 0 Å². The van der Waals surface area contributed by atoms with Gasteiger partial charge in [0.25, 0.3) is 0 Å². The van der Waals surface area contributed by atoms with Gasteiger partial charge in [-0.2, -0.15) is 0 Å². The van der Waals surface area contributed by atoms with E-state index in [1.165, 1.54) is 64.7 Å². The van der Waals surface area contributed by atoms with E-state index in [0.717, 1.165) is 19.3 Å². The molecule has 0 aliphatic carbocycles. The molecule has 0 aromatic carbocycles. The van der Waals surface area contributed by atoms with Crippen LogP contribution in [0.1, 0.15) is 90.9 Å². The minimum absolute atomic E-state index is 0.232. The molecule has 12 atom stereocenters. The maximum absolute atomic E-state index is 10.8. The third-order valence-electron chi connectivity index (χ3n) is 8.55. The lowest BCUT2D eigenvalue weighted by molar-refractivity contribution is -0.398. The fraction of sp³-hybridized carbons (Fsp3) is 0.935. The maximum atomic E-state index is 10.8. The number of rotatable bonds is 21. The number of hydrogen-bond acceptors (Lipinski definition) is 13. The second-order valence-electron chi connectivity index (χ2n) is 12.3. The summed E-state index contributed by atoms with van der Waals surface area (Å²) in [6.07, 6.45) is 3.15. The van der Waals surface area contributed by atoms with E-state index in [-0.39, 0.29) is 6.61 Å². The first-order valence-electron chi connectivity index (χ1n) is 16.4. The monoisotopic (exact) mass is 637 g/mol. The zero-order chi connectivity index (χ0) is 32.7. The summed E-state index contributed by atoms with van der Waals surface area (Å²) in [6.45, 7) is 1.83. The van der Waals surface area contributed by atoms with E-state index in [2.05, 4.69) is 6.92 Å². The Hall–Kier alpha value is -0.780. The molecule has 0 radical (unpaired) electrons. The first kappa shape index (κ1) is 39.4. The lowest BCUT2D eigenvalue weighted by atomic mass is 9.92. The Bertz CT molecular complexity index is 789. The van der Waals surface area contributed by atoms with Gasteiger partial charge in [0, 0.05) is 0 Å². The predicted molar refractivity (Wildman–Crippen MR) is 161 cm³/mol. The fourth-order valence-corrected chi connectivity index (χ4v) is 5.62. The summed E-state index contributed by atoms with van der Waals surface area (Å²) in [5, 5.41) is 81.9. The van der Waals surface area contributed by atoms with Crippen molar-refractivity contribution in [3.8, 4) is 0 Å². The molecule has 44 heavy (non-hydrogen) atoms. The van der Waals surface area contributed by atoms with Crippen molar-refractivity contribution in [3.63, 3.8) is 0 Å². The molecule has 0 saturated carbocycles. The number of hydrogen-bond donors (Lipinski definition) is 9. The second kappa shape index (κ2) is 20.5. The Morgan fingerprint density at radius 2 is 1.36 bits per heavy atom. The van der Waals surface area contributed by atoms with Crippen molar-refractivity contribution in [2.75, 3.05) is 19.8 Å². The molecule has 2 saturated heterocycles. The molecule has 260 valence electrons. The molecule has 0 aromatic heterocycles. The highest BCUT2D eigenvalue weighted by Crippen LogP contribution is 2.35. The Kier molecular flexibility index (Phi) is 18.3. The highest BCUT2D eigenvalue weighted by molar-refractivity contribution is 4.99. The summed E-state index contributed by atoms with van der Waals surface area (Å²) >= 11 is 0. The quantitative estimate of drug-likeness (QED) is 0.0596. The lowest BCUT2D eigenvalue weighted by Gasteiger charge is -2.50. The van der Waals surface area contributed by atoms with Crippen LogP contribution in [0.3, 0.4) is 0 Å². The third-order valence-corrected chi connectivity index (χ3v) is 8.55. The standard InChI is InChI=1S/C31H59NO12/c1-3-4-5-6-7-8-9-10-11-12-13-14-15-16-21(35)20(32)19-41-30-27(39)25(37)28(23(18-34)42-30)44-31(2)29(40)26(38)24(36)22(17-33)43-31/h15-16,20-30,33-40H,3-14,17-19,32H2,1-2H3/b16-15+/t20?,21-,22-,23-,24+,25-,26+,27?,28?,29-,30-,31?/m1/s1. The van der Waals surface area contributed by atoms with Crippen LogP contribution in [-0.2, 0) is 18.9 Å². The second-order valence-corrected chi connectivity index (χ2v) is 12.3. The summed E-state index contributed by atoms with van der Waals surface area (Å²) in [4.78, 5) is 0. The van der Waals surface area contributed by atoms with E-state index in [0.29, 0.717) is 0 Å². The first-order chi connectivity index (χ1) is 21.0. The molecule has 0 amide bonds. The molecule has 2 fully saturated rings. The van der Waals surface area contributed by atoms with Gasteiger partial charge in [-0.05, 0) is 19.8 Å². The highest BCUT2D eigenvalue weighted by atomic mass is 16.8. The van der Waals surface area contributed by atoms with Gasteiger partial charge in [-0.1, -0.05) is 83.3 Å². The van der Waals surface area contributed by atoms with Crippen molar-refractivity contribution in [1.82, 2.24) is 0 Å². The van der Waals surface area contributed by atoms with E-state index in [4.69, 9.17) is 24.7 Å². The van der Waals surface area contributed by atoms with Crippen LogP contribution in [0.15, 0.2) is 12.2 Å². The van der Waals surface area contributed by atoms with Crippen LogP contribution < -0.4 is 5.73 Å². The van der Waals surface area contributed by atoms with Crippen LogP contribution >= 0.6 is 0 Å². The van der Waals surface area contributed by atoms with Gasteiger partial charge in [-0.3, -0.25) is 0 Å². The van der Waals surface area contributed by atoms with Gasteiger partial charge in [0.2, 0.25) is 0 Å². The Balaban J connectivity index is 1.74. The van der Waals surface area contributed by atoms with Crippen LogP contribution in [0.5, 0.6) is 0 Å². The number of aliphatic hydroxyl groups is 8. The van der Waals surface area contributed by atoms with Crippen LogP contribution in [0, 0.1) is 0 Å². The van der Waals surface area contributed by atoms with Crippen molar-refractivity contribution < 1.29 is 59.8 Å². The van der Waals surface area contributed by atoms with Crippen molar-refractivity contribution in [2.45, 2.75) is 164 Å². The summed E-state index contributed by atoms with van der Waals surface area (Å²) < 4.78 is 22.3. The van der Waals surface area contributed by atoms with Gasteiger partial charge in [0.15, 0.2) is 12.1 Å². The van der Waals surface area contributed by atoms with Crippen molar-refractivity contribution in [3.05, 3.63) is 12.2 Å². The predicted octanol–water partition coefficient (Wildman–Crippen LogP) is -0.0373. The molecule has 2 aliphatic heterocycles. The SMILES string of the molecule is CCCCCCCCCCCCC/C=C/[C@@H](O)C(N)CO[C@@H]1O[C@H](CO)C(OC2(C)O[C@H](CO)[C@H](O)[C@H](O)[C@H]2O)[C@H](O)C1O. The highest BCUT2D eigenvalue weighted by Gasteiger charge is 2.56. The molecular formula is C31H59NO12. The van der Waals surface area contributed by atoms with Gasteiger partial charge in [-0.25, -0.2) is 0 Å². The minimum atomic E-state index is -2.05. The van der Waals surface area contributed by atoms with Crippen LogP contribution in [0.2, 0.25) is 0 Å². The third kappa shape index (κ3) is 11.8. The Morgan fingerprint density at radius 3 is 1.93 bits per heavy atom. The largest absolute Gasteiger partial charge is 0.394 e. The van der Waals surface area contributed by atoms with Gasteiger partial charge in [-0.15, -0.1) is 0 Å². The molecule has 0 spiro atoms. The lowest BCUT2D eigenvalue weighted by Crippen LogP contribution is -2.69. The molecule has 10 N–H and O–H groups in total. The average Bonchev–Trinajstić information content (AvgIpc) is 3.02. The molecule has 2 aliphatic rings. The van der Waals surface area contributed by atoms with Gasteiger partial charge in [0.05, 0.1) is 32.0 Å². The zero-order valence-electron chi connectivity index (χ0n) is 26.4. The van der Waals surface area contributed by atoms with E-state index in [1.54, 1.807) is 6.08 Å². The summed E-state index contributed by atoms with van der Waals surface area (Å²) in [5.41, 5.74) is 6.05. The molecule has 0 bridgehead atoms. The van der Waals surface area contributed by atoms with Crippen LogP contribution in [0.4, 0.5) is 0 Å². The summed E-state index contributed by atoms with van der Waals surface area (Å²) in [5.74, 6) is -2.05. The number of unbranched alkanes of at least 4 members (excludes halogenated alkanes) is 11. The van der Waals surface area contributed by atoms with Crippen molar-refractivity contribution in [1.29, 1.82) is 0 Å². The van der Waals surface area contributed by atoms with E-state index in [9.17, 15) is 40.9 Å². The molecule has 2 rings (SSSR count). The smallest absolute Gasteiger partial charge is 0.195 e.